The van der Waals surface area contributed by atoms with Crippen LogP contribution in [0.2, 0.25) is 0 Å². The van der Waals surface area contributed by atoms with E-state index in [2.05, 4.69) is 50.7 Å². The predicted molar refractivity (Wildman–Crippen MR) is 177 cm³/mol. The van der Waals surface area contributed by atoms with Crippen molar-refractivity contribution in [3.63, 3.8) is 0 Å². The summed E-state index contributed by atoms with van der Waals surface area (Å²) in [7, 11) is 3.65. The highest BCUT2D eigenvalue weighted by atomic mass is 33.1. The molecular formula is C35H52N2O5S2. The van der Waals surface area contributed by atoms with Crippen LogP contribution < -0.4 is 0 Å². The van der Waals surface area contributed by atoms with Crippen LogP contribution in [-0.2, 0) is 4.79 Å². The molecule has 1 saturated heterocycles. The average molecular weight is 645 g/mol. The lowest BCUT2D eigenvalue weighted by molar-refractivity contribution is -0.158. The number of aromatic nitrogens is 2. The van der Waals surface area contributed by atoms with Crippen LogP contribution in [0.15, 0.2) is 42.5 Å². The summed E-state index contributed by atoms with van der Waals surface area (Å²) in [5, 5.41) is 46.3. The Hall–Kier alpha value is -1.10. The molecule has 3 saturated carbocycles. The van der Waals surface area contributed by atoms with Crippen molar-refractivity contribution in [3.8, 4) is 0 Å². The number of hydrogen-bond donors (Lipinski definition) is 4. The van der Waals surface area contributed by atoms with Crippen LogP contribution in [-0.4, -0.2) is 71.2 Å². The van der Waals surface area contributed by atoms with Crippen molar-refractivity contribution in [2.45, 2.75) is 110 Å². The molecule has 4 fully saturated rings. The molecule has 7 nitrogen and oxygen atoms in total. The van der Waals surface area contributed by atoms with Gasteiger partial charge in [-0.15, -0.1) is 0 Å². The Labute approximate surface area is 270 Å². The summed E-state index contributed by atoms with van der Waals surface area (Å²) in [5.74, 6) is 1.19. The number of carbonyl (C=O) groups excluding carboxylic acids is 1. The third kappa shape index (κ3) is 5.02. The minimum absolute atomic E-state index is 0.0210. The van der Waals surface area contributed by atoms with E-state index < -0.39 is 34.7 Å². The van der Waals surface area contributed by atoms with Gasteiger partial charge < -0.3 is 25.0 Å². The molecular weight excluding hydrogens is 593 g/mol. The van der Waals surface area contributed by atoms with Gasteiger partial charge in [-0.3, -0.25) is 4.79 Å². The minimum Gasteiger partial charge on any atom is -0.393 e. The minimum atomic E-state index is -1.19. The first kappa shape index (κ1) is 32.8. The molecule has 12 unspecified atom stereocenters. The van der Waals surface area contributed by atoms with E-state index in [9.17, 15) is 25.2 Å². The van der Waals surface area contributed by atoms with Gasteiger partial charge >= 0.3 is 0 Å². The zero-order valence-corrected chi connectivity index (χ0v) is 28.6. The molecule has 1 aromatic heterocycles. The van der Waals surface area contributed by atoms with Crippen molar-refractivity contribution in [1.82, 2.24) is 9.55 Å². The zero-order valence-electron chi connectivity index (χ0n) is 27.0. The largest absolute Gasteiger partial charge is 0.393 e. The summed E-state index contributed by atoms with van der Waals surface area (Å²) >= 11 is 0. The maximum Gasteiger partial charge on any atom is 0.159 e. The highest BCUT2D eigenvalue weighted by molar-refractivity contribution is 8.76. The van der Waals surface area contributed by atoms with Crippen molar-refractivity contribution in [1.29, 1.82) is 0 Å². The van der Waals surface area contributed by atoms with Crippen molar-refractivity contribution < 1.29 is 25.2 Å². The Balaban J connectivity index is 1.38. The van der Waals surface area contributed by atoms with Crippen LogP contribution in [0.5, 0.6) is 0 Å². The summed E-state index contributed by atoms with van der Waals surface area (Å²) in [6.45, 7) is 15.4. The first-order valence-electron chi connectivity index (χ1n) is 16.6. The number of aliphatic hydroxyl groups is 4. The standard InChI is InChI=1S/C35H52N2O5S2/c1-20-11-28(38)21(2)25-12-22(17-43-44-18-23(15-32(20,3)4)37-10-9-36-19-37)35(42)26-13-29(39)27-14-30(40)31(41)16-33(27,5)24(26)7-8-34(25,35)6/h9-10,13,19,21-25,27-28,30-31,38,40-42H,1,7-8,11-12,14-18H2,2-6H3. The van der Waals surface area contributed by atoms with Crippen molar-refractivity contribution >= 4 is 27.4 Å². The number of hydrogen-bond acceptors (Lipinski definition) is 8. The monoisotopic (exact) mass is 644 g/mol. The third-order valence-electron chi connectivity index (χ3n) is 13.3. The Morgan fingerprint density at radius 2 is 1.73 bits per heavy atom. The molecule has 0 spiro atoms. The zero-order chi connectivity index (χ0) is 31.8. The van der Waals surface area contributed by atoms with E-state index in [0.717, 1.165) is 48.3 Å². The van der Waals surface area contributed by atoms with Gasteiger partial charge in [0.15, 0.2) is 5.78 Å². The number of rotatable bonds is 1. The molecule has 2 heterocycles. The number of nitrogens with zero attached hydrogens (tertiary/aromatic N) is 2. The Morgan fingerprint density at radius 3 is 2.43 bits per heavy atom. The molecule has 9 heteroatoms. The van der Waals surface area contributed by atoms with Crippen molar-refractivity contribution in [2.75, 3.05) is 11.5 Å². The third-order valence-corrected chi connectivity index (χ3v) is 15.9. The van der Waals surface area contributed by atoms with E-state index in [1.165, 1.54) is 0 Å². The van der Waals surface area contributed by atoms with E-state index in [4.69, 9.17) is 0 Å². The van der Waals surface area contributed by atoms with Crippen LogP contribution in [0.3, 0.4) is 0 Å². The second kappa shape index (κ2) is 11.6. The van der Waals surface area contributed by atoms with Crippen LogP contribution in [0, 0.1) is 45.8 Å². The molecule has 0 radical (unpaired) electrons. The first-order chi connectivity index (χ1) is 20.6. The number of imidazole rings is 1. The van der Waals surface area contributed by atoms with Crippen LogP contribution >= 0.6 is 21.6 Å². The van der Waals surface area contributed by atoms with Crippen LogP contribution in [0.1, 0.15) is 85.6 Å². The summed E-state index contributed by atoms with van der Waals surface area (Å²) in [4.78, 5) is 18.1. The molecule has 1 aromatic rings. The lowest BCUT2D eigenvalue weighted by Gasteiger charge is -2.61. The highest BCUT2D eigenvalue weighted by Gasteiger charge is 2.70. The first-order valence-corrected chi connectivity index (χ1v) is 19.0. The Morgan fingerprint density at radius 1 is 1.00 bits per heavy atom. The Kier molecular flexibility index (Phi) is 8.62. The van der Waals surface area contributed by atoms with E-state index in [-0.39, 0.29) is 53.3 Å². The van der Waals surface area contributed by atoms with Gasteiger partial charge in [0.2, 0.25) is 0 Å². The lowest BCUT2D eigenvalue weighted by Crippen LogP contribution is -2.62. The van der Waals surface area contributed by atoms with Gasteiger partial charge in [0, 0.05) is 47.2 Å². The molecule has 6 rings (SSSR count). The fraction of sp³-hybridized carbons (Fsp3) is 0.771. The smallest absolute Gasteiger partial charge is 0.159 e. The number of carbonyl (C=O) groups is 1. The molecule has 12 atom stereocenters. The van der Waals surface area contributed by atoms with Gasteiger partial charge in [0.05, 0.1) is 30.2 Å². The number of ketones is 1. The molecule has 244 valence electrons. The maximum absolute atomic E-state index is 13.8. The molecule has 5 aliphatic rings. The van der Waals surface area contributed by atoms with Gasteiger partial charge in [-0.2, -0.15) is 0 Å². The van der Waals surface area contributed by atoms with Gasteiger partial charge in [-0.1, -0.05) is 68.4 Å². The molecule has 0 aromatic carbocycles. The summed E-state index contributed by atoms with van der Waals surface area (Å²) in [5.41, 5.74) is -0.473. The Bertz CT molecular complexity index is 1300. The number of allylic oxidation sites excluding steroid dienone is 1. The maximum atomic E-state index is 13.8. The topological polar surface area (TPSA) is 116 Å². The molecule has 4 N–H and O–H groups in total. The van der Waals surface area contributed by atoms with E-state index in [1.54, 1.807) is 6.08 Å². The van der Waals surface area contributed by atoms with Gasteiger partial charge in [-0.05, 0) is 85.2 Å². The predicted octanol–water partition coefficient (Wildman–Crippen LogP) is 5.61. The molecule has 1 aliphatic heterocycles. The van der Waals surface area contributed by atoms with Gasteiger partial charge in [0.25, 0.3) is 0 Å². The summed E-state index contributed by atoms with van der Waals surface area (Å²) in [6.07, 6.45) is 9.60. The molecule has 4 aliphatic carbocycles. The fourth-order valence-corrected chi connectivity index (χ4v) is 13.1. The SMILES string of the molecule is C=C1CC(O)C(C)C2CC(CSSCC(n3ccnc3)CC1(C)C)C1(O)C3=CC(=O)C4CC(O)C(O)CC4(C)C3CCC21C. The molecule has 2 bridgehead atoms. The van der Waals surface area contributed by atoms with E-state index in [0.29, 0.717) is 12.8 Å². The number of aliphatic hydroxyl groups excluding tert-OH is 3. The summed E-state index contributed by atoms with van der Waals surface area (Å²) in [6, 6.07) is 0.214. The van der Waals surface area contributed by atoms with E-state index >= 15 is 0 Å². The average Bonchev–Trinajstić information content (AvgIpc) is 3.57. The quantitative estimate of drug-likeness (QED) is 0.231. The normalized spacial score (nSPS) is 48.0. The highest BCUT2D eigenvalue weighted by Crippen LogP contribution is 2.70. The second-order valence-corrected chi connectivity index (χ2v) is 18.6. The van der Waals surface area contributed by atoms with Gasteiger partial charge in [0.1, 0.15) is 0 Å². The molecule has 44 heavy (non-hydrogen) atoms. The van der Waals surface area contributed by atoms with Crippen molar-refractivity contribution in [3.05, 3.63) is 42.5 Å². The molecule has 0 amide bonds. The fourth-order valence-electron chi connectivity index (χ4n) is 10.4. The van der Waals surface area contributed by atoms with Gasteiger partial charge in [-0.25, -0.2) is 4.98 Å². The summed E-state index contributed by atoms with van der Waals surface area (Å²) < 4.78 is 2.18. The second-order valence-electron chi connectivity index (χ2n) is 16.0. The van der Waals surface area contributed by atoms with Crippen LogP contribution in [0.25, 0.3) is 0 Å². The van der Waals surface area contributed by atoms with Crippen molar-refractivity contribution in [2.24, 2.45) is 45.8 Å². The number of fused-ring (bicyclic) bond motifs is 9. The van der Waals surface area contributed by atoms with E-state index in [1.807, 2.05) is 40.3 Å². The lowest BCUT2D eigenvalue weighted by atomic mass is 9.45. The van der Waals surface area contributed by atoms with Crippen LogP contribution in [0.4, 0.5) is 0 Å².